The van der Waals surface area contributed by atoms with Crippen molar-refractivity contribution in [3.63, 3.8) is 0 Å². The number of hydrogen-bond donors (Lipinski definition) is 2. The van der Waals surface area contributed by atoms with Crippen molar-refractivity contribution in [3.05, 3.63) is 58.7 Å². The molecule has 0 unspecified atom stereocenters. The van der Waals surface area contributed by atoms with E-state index < -0.39 is 0 Å². The molecule has 214 valence electrons. The summed E-state index contributed by atoms with van der Waals surface area (Å²) in [6.07, 6.45) is 25.3. The molecular weight excluding hydrogens is 464 g/mol. The maximum atomic E-state index is 10.5. The number of aromatic hydroxyl groups is 2. The van der Waals surface area contributed by atoms with Crippen molar-refractivity contribution in [2.75, 3.05) is 0 Å². The van der Waals surface area contributed by atoms with Crippen molar-refractivity contribution in [2.45, 2.75) is 155 Å². The van der Waals surface area contributed by atoms with Gasteiger partial charge < -0.3 is 10.2 Å². The van der Waals surface area contributed by atoms with Crippen LogP contribution in [-0.2, 0) is 12.8 Å². The Hall–Kier alpha value is -1.96. The molecule has 2 rings (SSSR count). The standard InChI is InChI=1S/C36H58O2/c1-4-7-10-11-12-13-14-15-16-17-18-19-20-23-34(30-24-26-35(37)32(28-30)21-8-5-2)31-25-27-36(38)33(29-31)22-9-6-3/h24-29,34,37-38H,4-23H2,1-3H3. The molecule has 0 aliphatic carbocycles. The molecule has 2 heteroatoms. The van der Waals surface area contributed by atoms with Crippen LogP contribution in [0, 0.1) is 0 Å². The first-order valence-electron chi connectivity index (χ1n) is 16.2. The average Bonchev–Trinajstić information content (AvgIpc) is 2.93. The zero-order valence-electron chi connectivity index (χ0n) is 25.1. The fourth-order valence-electron chi connectivity index (χ4n) is 5.67. The van der Waals surface area contributed by atoms with Gasteiger partial charge in [-0.2, -0.15) is 0 Å². The van der Waals surface area contributed by atoms with Crippen LogP contribution in [0.4, 0.5) is 0 Å². The van der Waals surface area contributed by atoms with Crippen molar-refractivity contribution in [3.8, 4) is 11.5 Å². The van der Waals surface area contributed by atoms with Gasteiger partial charge in [-0.1, -0.05) is 141 Å². The van der Waals surface area contributed by atoms with Crippen LogP contribution in [0.25, 0.3) is 0 Å². The molecule has 0 saturated heterocycles. The normalized spacial score (nSPS) is 11.5. The Morgan fingerprint density at radius 2 is 0.842 bits per heavy atom. The second-order valence-corrected chi connectivity index (χ2v) is 11.6. The minimum Gasteiger partial charge on any atom is -0.508 e. The summed E-state index contributed by atoms with van der Waals surface area (Å²) < 4.78 is 0. The van der Waals surface area contributed by atoms with Crippen molar-refractivity contribution in [1.29, 1.82) is 0 Å². The highest BCUT2D eigenvalue weighted by molar-refractivity contribution is 5.44. The second kappa shape index (κ2) is 20.0. The van der Waals surface area contributed by atoms with Crippen LogP contribution < -0.4 is 0 Å². The summed E-state index contributed by atoms with van der Waals surface area (Å²) in [5.74, 6) is 1.16. The van der Waals surface area contributed by atoms with Gasteiger partial charge in [-0.05, 0) is 66.5 Å². The third-order valence-corrected chi connectivity index (χ3v) is 8.21. The zero-order chi connectivity index (χ0) is 27.4. The molecule has 0 heterocycles. The molecular formula is C36H58O2. The molecule has 0 spiro atoms. The monoisotopic (exact) mass is 522 g/mol. The van der Waals surface area contributed by atoms with E-state index in [1.54, 1.807) is 0 Å². The highest BCUT2D eigenvalue weighted by Gasteiger charge is 2.17. The molecule has 0 amide bonds. The first-order chi connectivity index (χ1) is 18.6. The lowest BCUT2D eigenvalue weighted by Crippen LogP contribution is -2.04. The van der Waals surface area contributed by atoms with Crippen LogP contribution in [-0.4, -0.2) is 10.2 Å². The molecule has 0 aliphatic rings. The van der Waals surface area contributed by atoms with E-state index in [0.29, 0.717) is 17.4 Å². The van der Waals surface area contributed by atoms with E-state index in [-0.39, 0.29) is 0 Å². The predicted molar refractivity (Wildman–Crippen MR) is 166 cm³/mol. The lowest BCUT2D eigenvalue weighted by atomic mass is 9.84. The Morgan fingerprint density at radius 3 is 1.24 bits per heavy atom. The Labute approximate surface area is 235 Å². The molecule has 0 aromatic heterocycles. The van der Waals surface area contributed by atoms with Crippen molar-refractivity contribution in [1.82, 2.24) is 0 Å². The summed E-state index contributed by atoms with van der Waals surface area (Å²) in [6, 6.07) is 12.5. The Morgan fingerprint density at radius 1 is 0.474 bits per heavy atom. The number of phenolic OH excluding ortho intramolecular Hbond substituents is 2. The number of hydrogen-bond acceptors (Lipinski definition) is 2. The van der Waals surface area contributed by atoms with Gasteiger partial charge in [0.2, 0.25) is 0 Å². The highest BCUT2D eigenvalue weighted by atomic mass is 16.3. The molecule has 0 atom stereocenters. The Kier molecular flexibility index (Phi) is 17.0. The van der Waals surface area contributed by atoms with Crippen LogP contribution in [0.5, 0.6) is 11.5 Å². The minimum atomic E-state index is 0.310. The van der Waals surface area contributed by atoms with E-state index in [4.69, 9.17) is 0 Å². The van der Waals surface area contributed by atoms with E-state index in [1.807, 2.05) is 12.1 Å². The lowest BCUT2D eigenvalue weighted by molar-refractivity contribution is 0.466. The van der Waals surface area contributed by atoms with Gasteiger partial charge in [0.05, 0.1) is 0 Å². The number of aryl methyl sites for hydroxylation is 2. The van der Waals surface area contributed by atoms with Crippen LogP contribution in [0.2, 0.25) is 0 Å². The van der Waals surface area contributed by atoms with Gasteiger partial charge in [-0.3, -0.25) is 0 Å². The Bertz CT molecular complexity index is 814. The van der Waals surface area contributed by atoms with Crippen LogP contribution in [0.15, 0.2) is 36.4 Å². The Balaban J connectivity index is 1.93. The van der Waals surface area contributed by atoms with Crippen LogP contribution in [0.3, 0.4) is 0 Å². The lowest BCUT2D eigenvalue weighted by Gasteiger charge is -2.21. The van der Waals surface area contributed by atoms with Crippen LogP contribution in [0.1, 0.15) is 165 Å². The fourth-order valence-corrected chi connectivity index (χ4v) is 5.67. The summed E-state index contributed by atoms with van der Waals surface area (Å²) in [5, 5.41) is 20.9. The smallest absolute Gasteiger partial charge is 0.118 e. The number of unbranched alkanes of at least 4 members (excludes halogenated alkanes) is 14. The molecule has 0 saturated carbocycles. The quantitative estimate of drug-likeness (QED) is 0.151. The van der Waals surface area contributed by atoms with E-state index in [1.165, 1.54) is 94.6 Å². The largest absolute Gasteiger partial charge is 0.508 e. The third-order valence-electron chi connectivity index (χ3n) is 8.21. The average molecular weight is 523 g/mol. The van der Waals surface area contributed by atoms with Gasteiger partial charge in [0.25, 0.3) is 0 Å². The second-order valence-electron chi connectivity index (χ2n) is 11.6. The van der Waals surface area contributed by atoms with Gasteiger partial charge in [0, 0.05) is 5.92 Å². The van der Waals surface area contributed by atoms with Crippen molar-refractivity contribution < 1.29 is 10.2 Å². The number of phenols is 2. The first kappa shape index (κ1) is 32.3. The predicted octanol–water partition coefficient (Wildman–Crippen LogP) is 11.4. The molecule has 0 radical (unpaired) electrons. The first-order valence-corrected chi connectivity index (χ1v) is 16.2. The van der Waals surface area contributed by atoms with E-state index >= 15 is 0 Å². The van der Waals surface area contributed by atoms with E-state index in [0.717, 1.165) is 56.1 Å². The third kappa shape index (κ3) is 12.3. The molecule has 2 aromatic rings. The van der Waals surface area contributed by atoms with Gasteiger partial charge in [0.15, 0.2) is 0 Å². The SMILES string of the molecule is CCCCCCCCCCCCCCCC(c1ccc(O)c(CCCC)c1)c1ccc(O)c(CCCC)c1. The van der Waals surface area contributed by atoms with Gasteiger partial charge in [0.1, 0.15) is 11.5 Å². The number of rotatable bonds is 22. The summed E-state index contributed by atoms with van der Waals surface area (Å²) in [6.45, 7) is 6.69. The van der Waals surface area contributed by atoms with Crippen molar-refractivity contribution in [2.24, 2.45) is 0 Å². The van der Waals surface area contributed by atoms with Gasteiger partial charge in [-0.25, -0.2) is 0 Å². The summed E-state index contributed by atoms with van der Waals surface area (Å²) in [7, 11) is 0. The van der Waals surface area contributed by atoms with Gasteiger partial charge >= 0.3 is 0 Å². The summed E-state index contributed by atoms with van der Waals surface area (Å²) in [5.41, 5.74) is 4.76. The minimum absolute atomic E-state index is 0.310. The zero-order valence-corrected chi connectivity index (χ0v) is 25.1. The fraction of sp³-hybridized carbons (Fsp3) is 0.667. The molecule has 38 heavy (non-hydrogen) atoms. The molecule has 2 aromatic carbocycles. The molecule has 0 fully saturated rings. The van der Waals surface area contributed by atoms with E-state index in [9.17, 15) is 10.2 Å². The summed E-state index contributed by atoms with van der Waals surface area (Å²) in [4.78, 5) is 0. The van der Waals surface area contributed by atoms with Gasteiger partial charge in [-0.15, -0.1) is 0 Å². The maximum Gasteiger partial charge on any atom is 0.118 e. The van der Waals surface area contributed by atoms with Crippen molar-refractivity contribution >= 4 is 0 Å². The topological polar surface area (TPSA) is 40.5 Å². The molecule has 2 N–H and O–H groups in total. The van der Waals surface area contributed by atoms with E-state index in [2.05, 4.69) is 45.0 Å². The summed E-state index contributed by atoms with van der Waals surface area (Å²) >= 11 is 0. The molecule has 2 nitrogen and oxygen atoms in total. The number of benzene rings is 2. The maximum absolute atomic E-state index is 10.5. The molecule has 0 bridgehead atoms. The molecule has 0 aliphatic heterocycles. The van der Waals surface area contributed by atoms with Crippen LogP contribution >= 0.6 is 0 Å². The highest BCUT2D eigenvalue weighted by Crippen LogP contribution is 2.35.